The molecule has 46 heavy (non-hydrogen) atoms. The van der Waals surface area contributed by atoms with Crippen LogP contribution < -0.4 is 9.47 Å². The molecule has 0 aliphatic carbocycles. The number of pyridine rings is 1. The zero-order valence-corrected chi connectivity index (χ0v) is 25.2. The number of fused-ring (bicyclic) bond motifs is 1. The van der Waals surface area contributed by atoms with Gasteiger partial charge in [0.25, 0.3) is 5.91 Å². The highest BCUT2D eigenvalue weighted by atomic mass is 19.1. The topological polar surface area (TPSA) is 118 Å². The molecule has 0 spiro atoms. The van der Waals surface area contributed by atoms with Crippen molar-refractivity contribution in [3.63, 3.8) is 0 Å². The van der Waals surface area contributed by atoms with E-state index >= 15 is 4.39 Å². The Hall–Kier alpha value is -5.52. The number of likely N-dealkylation sites (tertiary alicyclic amines) is 1. The quantitative estimate of drug-likeness (QED) is 0.256. The van der Waals surface area contributed by atoms with E-state index in [2.05, 4.69) is 20.3 Å². The lowest BCUT2D eigenvalue weighted by atomic mass is 9.93. The lowest BCUT2D eigenvalue weighted by molar-refractivity contribution is -0.131. The normalized spacial score (nSPS) is 15.0. The van der Waals surface area contributed by atoms with Crippen molar-refractivity contribution in [2.75, 3.05) is 33.3 Å². The summed E-state index contributed by atoms with van der Waals surface area (Å²) in [5.74, 6) is 0.512. The van der Waals surface area contributed by atoms with Crippen LogP contribution in [0.25, 0.3) is 27.6 Å². The van der Waals surface area contributed by atoms with Crippen LogP contribution in [0.15, 0.2) is 79.4 Å². The summed E-state index contributed by atoms with van der Waals surface area (Å²) in [6.07, 6.45) is 9.28. The number of para-hydroxylation sites is 1. The molecule has 0 atom stereocenters. The van der Waals surface area contributed by atoms with Crippen LogP contribution in [-0.4, -0.2) is 86.0 Å². The number of hydrogen-bond donors (Lipinski definition) is 1. The van der Waals surface area contributed by atoms with Crippen molar-refractivity contribution in [3.05, 3.63) is 96.5 Å². The number of aromatic nitrogens is 5. The minimum atomic E-state index is -0.475. The molecule has 1 N–H and O–H groups in total. The predicted molar refractivity (Wildman–Crippen MR) is 169 cm³/mol. The number of aryl methyl sites for hydroxylation is 1. The van der Waals surface area contributed by atoms with E-state index in [1.807, 2.05) is 36.4 Å². The number of methoxy groups -OCH3 is 1. The van der Waals surface area contributed by atoms with Crippen LogP contribution in [0.1, 0.15) is 28.9 Å². The van der Waals surface area contributed by atoms with E-state index in [-0.39, 0.29) is 42.1 Å². The summed E-state index contributed by atoms with van der Waals surface area (Å²) in [6, 6.07) is 14.6. The zero-order chi connectivity index (χ0) is 31.6. The first-order valence-corrected chi connectivity index (χ1v) is 15.1. The molecule has 1 saturated heterocycles. The number of carbonyl (C=O) groups excluding carboxylic acids is 2. The predicted octanol–water partition coefficient (Wildman–Crippen LogP) is 4.58. The Balaban J connectivity index is 1.19. The molecule has 234 valence electrons. The number of carbonyl (C=O) groups is 2. The van der Waals surface area contributed by atoms with Gasteiger partial charge in [-0.05, 0) is 47.9 Å². The fraction of sp³-hybridized carbons (Fsp3) is 0.265. The molecule has 2 aliphatic heterocycles. The highest BCUT2D eigenvalue weighted by Gasteiger charge is 2.34. The summed E-state index contributed by atoms with van der Waals surface area (Å²) in [5, 5.41) is 8.28. The van der Waals surface area contributed by atoms with Crippen LogP contribution in [0.4, 0.5) is 4.39 Å². The van der Waals surface area contributed by atoms with Gasteiger partial charge in [-0.15, -0.1) is 5.10 Å². The molecule has 2 aromatic carbocycles. The third kappa shape index (κ3) is 5.69. The maximum Gasteiger partial charge on any atom is 0.270 e. The Morgan fingerprint density at radius 3 is 2.70 bits per heavy atom. The fourth-order valence-corrected chi connectivity index (χ4v) is 6.03. The molecule has 2 aliphatic rings. The van der Waals surface area contributed by atoms with Crippen LogP contribution in [0.2, 0.25) is 0 Å². The van der Waals surface area contributed by atoms with Crippen LogP contribution in [0, 0.1) is 5.82 Å². The van der Waals surface area contributed by atoms with Crippen molar-refractivity contribution in [2.45, 2.75) is 25.5 Å². The fourth-order valence-electron chi connectivity index (χ4n) is 6.03. The highest BCUT2D eigenvalue weighted by molar-refractivity contribution is 6.05. The number of amides is 2. The highest BCUT2D eigenvalue weighted by Crippen LogP contribution is 2.40. The van der Waals surface area contributed by atoms with Crippen molar-refractivity contribution >= 4 is 28.3 Å². The molecular formula is C34H32FN7O4. The first kappa shape index (κ1) is 29.2. The maximum absolute atomic E-state index is 16.5. The van der Waals surface area contributed by atoms with Crippen molar-refractivity contribution in [3.8, 4) is 22.6 Å². The Kier molecular flexibility index (Phi) is 7.91. The minimum Gasteiger partial charge on any atom is -0.496 e. The lowest BCUT2D eigenvalue weighted by Crippen LogP contribution is -2.56. The summed E-state index contributed by atoms with van der Waals surface area (Å²) in [6.45, 7) is 2.04. The Labute approximate surface area is 264 Å². The molecule has 3 aromatic heterocycles. The van der Waals surface area contributed by atoms with Gasteiger partial charge in [-0.1, -0.05) is 29.5 Å². The standard InChI is InChI=1S/C34H32FN7O4/c1-45-30-9-3-2-8-25(30)27-16-26(22-6-5-13-40(19-22)31(43)10-14-42-15-12-37-39-42)32(35)33-28(27)17-29(38-33)34(44)41-20-24(21-41)46-23-7-4-11-36-18-23/h2-4,6-9,11-12,15-18,24,38H,5,10,13-14,19-21H2,1H3. The zero-order valence-electron chi connectivity index (χ0n) is 25.2. The van der Waals surface area contributed by atoms with Crippen molar-refractivity contribution in [2.24, 2.45) is 0 Å². The summed E-state index contributed by atoms with van der Waals surface area (Å²) in [7, 11) is 1.59. The van der Waals surface area contributed by atoms with E-state index < -0.39 is 5.82 Å². The summed E-state index contributed by atoms with van der Waals surface area (Å²) in [4.78, 5) is 37.2. The third-order valence-electron chi connectivity index (χ3n) is 8.43. The molecular weight excluding hydrogens is 589 g/mol. The van der Waals surface area contributed by atoms with Gasteiger partial charge in [0.05, 0.1) is 44.7 Å². The number of benzene rings is 2. The van der Waals surface area contributed by atoms with E-state index in [9.17, 15) is 9.59 Å². The van der Waals surface area contributed by atoms with Gasteiger partial charge >= 0.3 is 0 Å². The number of hydrogen-bond acceptors (Lipinski definition) is 7. The number of aromatic amines is 1. The second-order valence-electron chi connectivity index (χ2n) is 11.3. The molecule has 2 amide bonds. The Morgan fingerprint density at radius 2 is 1.91 bits per heavy atom. The number of nitrogens with one attached hydrogen (secondary N) is 1. The molecule has 1 fully saturated rings. The molecule has 0 radical (unpaired) electrons. The molecule has 12 heteroatoms. The van der Waals surface area contributed by atoms with E-state index in [0.717, 1.165) is 11.1 Å². The number of nitrogens with zero attached hydrogens (tertiary/aromatic N) is 6. The average molecular weight is 622 g/mol. The first-order chi connectivity index (χ1) is 22.5. The number of H-pyrrole nitrogens is 1. The van der Waals surface area contributed by atoms with Crippen LogP contribution in [0.3, 0.4) is 0 Å². The number of rotatable bonds is 9. The smallest absolute Gasteiger partial charge is 0.270 e. The Morgan fingerprint density at radius 1 is 1.04 bits per heavy atom. The summed E-state index contributed by atoms with van der Waals surface area (Å²) in [5.41, 5.74) is 3.07. The molecule has 5 heterocycles. The maximum atomic E-state index is 16.5. The second-order valence-corrected chi connectivity index (χ2v) is 11.3. The van der Waals surface area contributed by atoms with Crippen LogP contribution in [-0.2, 0) is 11.3 Å². The van der Waals surface area contributed by atoms with Gasteiger partial charge in [0.2, 0.25) is 5.91 Å². The van der Waals surface area contributed by atoms with Gasteiger partial charge in [-0.25, -0.2) is 4.39 Å². The van der Waals surface area contributed by atoms with Crippen molar-refractivity contribution < 1.29 is 23.5 Å². The monoisotopic (exact) mass is 621 g/mol. The molecule has 11 nitrogen and oxygen atoms in total. The van der Waals surface area contributed by atoms with E-state index in [1.165, 1.54) is 0 Å². The molecule has 0 unspecified atom stereocenters. The average Bonchev–Trinajstić information content (AvgIpc) is 3.77. The third-order valence-corrected chi connectivity index (χ3v) is 8.43. The SMILES string of the molecule is COc1ccccc1-c1cc(C2=CCCN(C(=O)CCn3ccnn3)C2)c(F)c2[nH]c(C(=O)N3CC(Oc4cccnc4)C3)cc12. The van der Waals surface area contributed by atoms with Gasteiger partial charge < -0.3 is 24.3 Å². The Bertz CT molecular complexity index is 1920. The molecule has 0 saturated carbocycles. The van der Waals surface area contributed by atoms with Gasteiger partial charge in [0.15, 0.2) is 5.82 Å². The first-order valence-electron chi connectivity index (χ1n) is 15.1. The molecule has 5 aromatic rings. The van der Waals surface area contributed by atoms with Crippen molar-refractivity contribution in [1.29, 1.82) is 0 Å². The van der Waals surface area contributed by atoms with Gasteiger partial charge in [-0.3, -0.25) is 19.3 Å². The molecule has 7 rings (SSSR count). The van der Waals surface area contributed by atoms with Gasteiger partial charge in [0, 0.05) is 48.4 Å². The summed E-state index contributed by atoms with van der Waals surface area (Å²) < 4.78 is 29.7. The van der Waals surface area contributed by atoms with Crippen LogP contribution in [0.5, 0.6) is 11.5 Å². The minimum absolute atomic E-state index is 0.0411. The number of ether oxygens (including phenoxy) is 2. The summed E-state index contributed by atoms with van der Waals surface area (Å²) >= 11 is 0. The number of halogens is 1. The van der Waals surface area contributed by atoms with Crippen LogP contribution >= 0.6 is 0 Å². The van der Waals surface area contributed by atoms with Gasteiger partial charge in [-0.2, -0.15) is 0 Å². The molecule has 0 bridgehead atoms. The van der Waals surface area contributed by atoms with Crippen molar-refractivity contribution in [1.82, 2.24) is 34.8 Å². The van der Waals surface area contributed by atoms with E-state index in [1.54, 1.807) is 64.6 Å². The lowest BCUT2D eigenvalue weighted by Gasteiger charge is -2.38. The van der Waals surface area contributed by atoms with Gasteiger partial charge in [0.1, 0.15) is 23.3 Å². The second kappa shape index (κ2) is 12.5. The largest absolute Gasteiger partial charge is 0.496 e. The van der Waals surface area contributed by atoms with E-state index in [0.29, 0.717) is 60.6 Å². The van der Waals surface area contributed by atoms with E-state index in [4.69, 9.17) is 9.47 Å².